The third-order valence-electron chi connectivity index (χ3n) is 2.94. The molecule has 2 rings (SSSR count). The number of aliphatic imine (C=N–C) groups is 1. The van der Waals surface area contributed by atoms with Crippen LogP contribution < -0.4 is 11.5 Å². The molecule has 0 aliphatic carbocycles. The summed E-state index contributed by atoms with van der Waals surface area (Å²) < 4.78 is 19.1. The predicted octanol–water partition coefficient (Wildman–Crippen LogP) is 1.10. The first kappa shape index (κ1) is 15.9. The Hall–Kier alpha value is -2.15. The molecule has 0 bridgehead atoms. The van der Waals surface area contributed by atoms with Crippen molar-refractivity contribution in [2.45, 2.75) is 18.9 Å². The monoisotopic (exact) mass is 283 g/mol. The summed E-state index contributed by atoms with van der Waals surface area (Å²) in [5.41, 5.74) is 11.7. The second kappa shape index (κ2) is 6.85. The average Bonchev–Trinajstić information content (AvgIpc) is 2.55. The minimum atomic E-state index is -0.708. The molecule has 0 radical (unpaired) electrons. The fourth-order valence-corrected chi connectivity index (χ4v) is 2.00. The van der Waals surface area contributed by atoms with Gasteiger partial charge in [-0.15, -0.1) is 0 Å². The van der Waals surface area contributed by atoms with E-state index in [4.69, 9.17) is 26.1 Å². The molecule has 5 N–H and O–H groups in total. The van der Waals surface area contributed by atoms with E-state index in [-0.39, 0.29) is 12.3 Å². The molecule has 1 aliphatic heterocycles. The van der Waals surface area contributed by atoms with Crippen LogP contribution in [0.25, 0.3) is 0 Å². The van der Waals surface area contributed by atoms with Crippen LogP contribution in [0.4, 0.5) is 10.1 Å². The average molecular weight is 283 g/mol. The SMILES string of the molecule is C[C@@]1(c2cc(N)ccc2F)CCOCC(N)=N1.O=CO. The molecule has 0 fully saturated rings. The summed E-state index contributed by atoms with van der Waals surface area (Å²) in [6.45, 7) is 2.38. The zero-order chi connectivity index (χ0) is 15.2. The summed E-state index contributed by atoms with van der Waals surface area (Å²) in [6, 6.07) is 4.49. The second-order valence-corrected chi connectivity index (χ2v) is 4.52. The van der Waals surface area contributed by atoms with Crippen molar-refractivity contribution >= 4 is 18.0 Å². The minimum Gasteiger partial charge on any atom is -0.483 e. The van der Waals surface area contributed by atoms with E-state index in [1.807, 2.05) is 6.92 Å². The van der Waals surface area contributed by atoms with Gasteiger partial charge in [-0.2, -0.15) is 0 Å². The Morgan fingerprint density at radius 3 is 2.80 bits per heavy atom. The van der Waals surface area contributed by atoms with Gasteiger partial charge in [-0.25, -0.2) is 4.39 Å². The smallest absolute Gasteiger partial charge is 0.290 e. The van der Waals surface area contributed by atoms with Gasteiger partial charge in [0, 0.05) is 17.9 Å². The third kappa shape index (κ3) is 3.92. The molecular formula is C13H18FN3O3. The van der Waals surface area contributed by atoms with Crippen molar-refractivity contribution in [2.75, 3.05) is 18.9 Å². The number of halogens is 1. The number of hydrogen-bond acceptors (Lipinski definition) is 5. The fraction of sp³-hybridized carbons (Fsp3) is 0.385. The van der Waals surface area contributed by atoms with Gasteiger partial charge in [0.05, 0.1) is 5.54 Å². The number of nitrogens with two attached hydrogens (primary N) is 2. The van der Waals surface area contributed by atoms with Crippen LogP contribution in [-0.2, 0) is 15.1 Å². The van der Waals surface area contributed by atoms with E-state index in [1.54, 1.807) is 6.07 Å². The Kier molecular flexibility index (Phi) is 5.45. The number of ether oxygens (including phenoxy) is 1. The number of nitrogen functional groups attached to an aromatic ring is 1. The highest BCUT2D eigenvalue weighted by Gasteiger charge is 2.31. The van der Waals surface area contributed by atoms with Crippen molar-refractivity contribution in [3.05, 3.63) is 29.6 Å². The number of amidine groups is 1. The van der Waals surface area contributed by atoms with Crippen LogP contribution in [0, 0.1) is 5.82 Å². The van der Waals surface area contributed by atoms with Crippen LogP contribution >= 0.6 is 0 Å². The molecule has 0 amide bonds. The number of carboxylic acid groups (broad SMARTS) is 1. The number of hydrogen-bond donors (Lipinski definition) is 3. The molecule has 1 aromatic carbocycles. The Balaban J connectivity index is 0.000000612. The largest absolute Gasteiger partial charge is 0.483 e. The van der Waals surface area contributed by atoms with Crippen molar-refractivity contribution in [2.24, 2.45) is 10.7 Å². The molecule has 1 atom stereocenters. The van der Waals surface area contributed by atoms with Crippen LogP contribution in [0.3, 0.4) is 0 Å². The zero-order valence-electron chi connectivity index (χ0n) is 11.2. The maximum atomic E-state index is 13.9. The Labute approximate surface area is 116 Å². The van der Waals surface area contributed by atoms with E-state index >= 15 is 0 Å². The summed E-state index contributed by atoms with van der Waals surface area (Å²) in [7, 11) is 0. The van der Waals surface area contributed by atoms with Gasteiger partial charge in [0.25, 0.3) is 6.47 Å². The number of benzene rings is 1. The Bertz CT molecular complexity index is 508. The lowest BCUT2D eigenvalue weighted by Gasteiger charge is -2.25. The Morgan fingerprint density at radius 2 is 2.15 bits per heavy atom. The van der Waals surface area contributed by atoms with Crippen LogP contribution in [0.1, 0.15) is 18.9 Å². The van der Waals surface area contributed by atoms with Crippen molar-refractivity contribution in [3.8, 4) is 0 Å². The lowest BCUT2D eigenvalue weighted by molar-refractivity contribution is -0.122. The number of carbonyl (C=O) groups is 1. The van der Waals surface area contributed by atoms with Crippen LogP contribution in [-0.4, -0.2) is 30.6 Å². The molecule has 6 nitrogen and oxygen atoms in total. The van der Waals surface area contributed by atoms with E-state index in [0.717, 1.165) is 0 Å². The normalized spacial score (nSPS) is 22.0. The predicted molar refractivity (Wildman–Crippen MR) is 73.9 cm³/mol. The van der Waals surface area contributed by atoms with Gasteiger partial charge < -0.3 is 21.3 Å². The molecule has 0 saturated carbocycles. The second-order valence-electron chi connectivity index (χ2n) is 4.52. The molecule has 110 valence electrons. The standard InChI is InChI=1S/C12H16FN3O.CH2O2/c1-12(4-5-17-7-11(15)16-12)9-6-8(14)2-3-10(9)13;2-1-3/h2-3,6H,4-5,7,14H2,1H3,(H2,15,16);1H,(H,2,3)/t12-;/m0./s1. The quantitative estimate of drug-likeness (QED) is 0.528. The highest BCUT2D eigenvalue weighted by Crippen LogP contribution is 2.33. The maximum absolute atomic E-state index is 13.9. The topological polar surface area (TPSA) is 111 Å². The van der Waals surface area contributed by atoms with Crippen molar-refractivity contribution in [1.82, 2.24) is 0 Å². The highest BCUT2D eigenvalue weighted by molar-refractivity contribution is 5.82. The first-order chi connectivity index (χ1) is 9.42. The molecular weight excluding hydrogens is 265 g/mol. The molecule has 1 aliphatic rings. The van der Waals surface area contributed by atoms with E-state index in [0.29, 0.717) is 36.7 Å². The molecule has 1 aromatic rings. The maximum Gasteiger partial charge on any atom is 0.290 e. The van der Waals surface area contributed by atoms with E-state index in [2.05, 4.69) is 4.99 Å². The highest BCUT2D eigenvalue weighted by atomic mass is 19.1. The van der Waals surface area contributed by atoms with E-state index in [9.17, 15) is 4.39 Å². The molecule has 20 heavy (non-hydrogen) atoms. The van der Waals surface area contributed by atoms with Crippen LogP contribution in [0.5, 0.6) is 0 Å². The van der Waals surface area contributed by atoms with Crippen LogP contribution in [0.15, 0.2) is 23.2 Å². The number of anilines is 1. The minimum absolute atomic E-state index is 0.250. The van der Waals surface area contributed by atoms with E-state index in [1.165, 1.54) is 12.1 Å². The summed E-state index contributed by atoms with van der Waals surface area (Å²) in [4.78, 5) is 12.7. The fourth-order valence-electron chi connectivity index (χ4n) is 2.00. The van der Waals surface area contributed by atoms with Crippen molar-refractivity contribution < 1.29 is 19.0 Å². The first-order valence-corrected chi connectivity index (χ1v) is 5.98. The summed E-state index contributed by atoms with van der Waals surface area (Å²) in [5, 5.41) is 6.89. The van der Waals surface area contributed by atoms with Gasteiger partial charge in [0.2, 0.25) is 0 Å². The third-order valence-corrected chi connectivity index (χ3v) is 2.94. The lowest BCUT2D eigenvalue weighted by Crippen LogP contribution is -2.25. The molecule has 0 aromatic heterocycles. The summed E-state index contributed by atoms with van der Waals surface area (Å²) >= 11 is 0. The Morgan fingerprint density at radius 1 is 1.50 bits per heavy atom. The van der Waals surface area contributed by atoms with Crippen molar-refractivity contribution in [1.29, 1.82) is 0 Å². The molecule has 0 unspecified atom stereocenters. The van der Waals surface area contributed by atoms with Gasteiger partial charge in [-0.05, 0) is 31.5 Å². The van der Waals surface area contributed by atoms with Gasteiger partial charge in [-0.3, -0.25) is 9.79 Å². The number of nitrogens with zero attached hydrogens (tertiary/aromatic N) is 1. The van der Waals surface area contributed by atoms with E-state index < -0.39 is 5.54 Å². The lowest BCUT2D eigenvalue weighted by atomic mass is 9.89. The van der Waals surface area contributed by atoms with Gasteiger partial charge in [0.1, 0.15) is 18.3 Å². The number of rotatable bonds is 1. The molecule has 0 spiro atoms. The van der Waals surface area contributed by atoms with Gasteiger partial charge >= 0.3 is 0 Å². The zero-order valence-corrected chi connectivity index (χ0v) is 11.2. The first-order valence-electron chi connectivity index (χ1n) is 5.98. The van der Waals surface area contributed by atoms with Gasteiger partial charge in [0.15, 0.2) is 0 Å². The van der Waals surface area contributed by atoms with Gasteiger partial charge in [-0.1, -0.05) is 0 Å². The summed E-state index contributed by atoms with van der Waals surface area (Å²) in [5.74, 6) is 0.0620. The van der Waals surface area contributed by atoms with Crippen molar-refractivity contribution in [3.63, 3.8) is 0 Å². The van der Waals surface area contributed by atoms with Crippen LogP contribution in [0.2, 0.25) is 0 Å². The molecule has 0 saturated heterocycles. The summed E-state index contributed by atoms with van der Waals surface area (Å²) in [6.07, 6.45) is 0.577. The molecule has 7 heteroatoms. The molecule has 1 heterocycles.